The van der Waals surface area contributed by atoms with Crippen molar-refractivity contribution >= 4 is 50.7 Å². The van der Waals surface area contributed by atoms with E-state index in [0.29, 0.717) is 5.82 Å². The summed E-state index contributed by atoms with van der Waals surface area (Å²) in [6.07, 6.45) is 0.863. The summed E-state index contributed by atoms with van der Waals surface area (Å²) in [5.74, 6) is 0.399. The van der Waals surface area contributed by atoms with E-state index >= 15 is 0 Å². The molecule has 0 atom stereocenters. The molecule has 0 amide bonds. The Hall–Kier alpha value is -0.730. The molecule has 1 N–H and O–H groups in total. The number of alkyl halides is 3. The molecule has 3 nitrogen and oxygen atoms in total. The Morgan fingerprint density at radius 2 is 2.15 bits per heavy atom. The molecule has 110 valence electrons. The highest BCUT2D eigenvalue weighted by molar-refractivity contribution is 8.00. The summed E-state index contributed by atoms with van der Waals surface area (Å²) >= 11 is 7.27. The lowest BCUT2D eigenvalue weighted by molar-refractivity contribution is -0.0327. The first-order chi connectivity index (χ1) is 9.39. The predicted octanol–water partition coefficient (Wildman–Crippen LogP) is 4.57. The van der Waals surface area contributed by atoms with Gasteiger partial charge in [0.25, 0.3) is 0 Å². The molecule has 0 radical (unpaired) electrons. The molecule has 0 aromatic carbocycles. The molecule has 0 aliphatic rings. The van der Waals surface area contributed by atoms with E-state index in [9.17, 15) is 13.2 Å². The van der Waals surface area contributed by atoms with Crippen LogP contribution in [0.2, 0.25) is 5.28 Å². The van der Waals surface area contributed by atoms with E-state index in [1.54, 1.807) is 0 Å². The van der Waals surface area contributed by atoms with E-state index in [0.717, 1.165) is 21.5 Å². The largest absolute Gasteiger partial charge is 0.441 e. The van der Waals surface area contributed by atoms with Crippen LogP contribution in [0.1, 0.15) is 11.8 Å². The molecule has 2 rings (SSSR count). The third kappa shape index (κ3) is 4.13. The van der Waals surface area contributed by atoms with Gasteiger partial charge in [0, 0.05) is 17.2 Å². The SMILES string of the molecule is CCc1cc2c(NCCSC(F)(F)F)nc(Cl)nc2s1. The summed E-state index contributed by atoms with van der Waals surface area (Å²) in [7, 11) is 0. The molecule has 0 fully saturated rings. The second-order valence-corrected chi connectivity index (χ2v) is 6.46. The average Bonchev–Trinajstić information content (AvgIpc) is 2.76. The van der Waals surface area contributed by atoms with E-state index in [-0.39, 0.29) is 29.3 Å². The lowest BCUT2D eigenvalue weighted by atomic mass is 10.3. The van der Waals surface area contributed by atoms with Crippen LogP contribution in [-0.2, 0) is 6.42 Å². The van der Waals surface area contributed by atoms with Crippen molar-refractivity contribution in [2.45, 2.75) is 18.9 Å². The van der Waals surface area contributed by atoms with Crippen LogP contribution in [0.15, 0.2) is 6.07 Å². The van der Waals surface area contributed by atoms with E-state index in [1.165, 1.54) is 11.3 Å². The molecular formula is C11H11ClF3N3S2. The summed E-state index contributed by atoms with van der Waals surface area (Å²) in [4.78, 5) is 10.0. The monoisotopic (exact) mass is 341 g/mol. The van der Waals surface area contributed by atoms with Crippen LogP contribution < -0.4 is 5.32 Å². The van der Waals surface area contributed by atoms with Gasteiger partial charge in [0.2, 0.25) is 5.28 Å². The van der Waals surface area contributed by atoms with E-state index < -0.39 is 5.51 Å². The fraction of sp³-hybridized carbons (Fsp3) is 0.455. The maximum absolute atomic E-state index is 12.0. The highest BCUT2D eigenvalue weighted by Gasteiger charge is 2.27. The molecule has 0 aliphatic heterocycles. The van der Waals surface area contributed by atoms with Crippen LogP contribution in [0, 0.1) is 0 Å². The topological polar surface area (TPSA) is 37.8 Å². The fourth-order valence-corrected chi connectivity index (χ4v) is 3.21. The number of aryl methyl sites for hydroxylation is 1. The standard InChI is InChI=1S/C11H11ClF3N3S2/c1-2-6-5-7-8(16-3-4-19-11(13,14)15)17-10(12)18-9(7)20-6/h5H,2-4H2,1H3,(H,16,17,18). The molecule has 0 aliphatic carbocycles. The number of hydrogen-bond acceptors (Lipinski definition) is 5. The molecule has 0 unspecified atom stereocenters. The minimum atomic E-state index is -4.21. The van der Waals surface area contributed by atoms with Gasteiger partial charge < -0.3 is 5.32 Å². The van der Waals surface area contributed by atoms with Gasteiger partial charge in [-0.3, -0.25) is 0 Å². The molecule has 2 aromatic rings. The second-order valence-electron chi connectivity index (χ2n) is 3.85. The van der Waals surface area contributed by atoms with Gasteiger partial charge in [0.15, 0.2) is 0 Å². The summed E-state index contributed by atoms with van der Waals surface area (Å²) in [6.45, 7) is 2.18. The summed E-state index contributed by atoms with van der Waals surface area (Å²) in [5, 5.41) is 3.78. The van der Waals surface area contributed by atoms with Gasteiger partial charge in [-0.25, -0.2) is 9.97 Å². The third-order valence-electron chi connectivity index (χ3n) is 2.43. The highest BCUT2D eigenvalue weighted by atomic mass is 35.5. The van der Waals surface area contributed by atoms with Crippen molar-refractivity contribution in [2.24, 2.45) is 0 Å². The van der Waals surface area contributed by atoms with Gasteiger partial charge in [0.05, 0.1) is 5.39 Å². The van der Waals surface area contributed by atoms with Crippen molar-refractivity contribution in [1.29, 1.82) is 0 Å². The third-order valence-corrected chi connectivity index (χ3v) is 4.50. The van der Waals surface area contributed by atoms with Crippen LogP contribution >= 0.6 is 34.7 Å². The van der Waals surface area contributed by atoms with Gasteiger partial charge in [-0.2, -0.15) is 13.2 Å². The van der Waals surface area contributed by atoms with Crippen LogP contribution in [0.4, 0.5) is 19.0 Å². The quantitative estimate of drug-likeness (QED) is 0.638. The molecule has 9 heteroatoms. The van der Waals surface area contributed by atoms with Gasteiger partial charge >= 0.3 is 5.51 Å². The van der Waals surface area contributed by atoms with E-state index in [2.05, 4.69) is 15.3 Å². The maximum atomic E-state index is 12.0. The molecule has 2 aromatic heterocycles. The Morgan fingerprint density at radius 1 is 1.40 bits per heavy atom. The molecule has 0 spiro atoms. The Morgan fingerprint density at radius 3 is 2.80 bits per heavy atom. The van der Waals surface area contributed by atoms with Crippen molar-refractivity contribution < 1.29 is 13.2 Å². The van der Waals surface area contributed by atoms with Crippen molar-refractivity contribution in [2.75, 3.05) is 17.6 Å². The summed E-state index contributed by atoms with van der Waals surface area (Å²) < 4.78 is 36.1. The van der Waals surface area contributed by atoms with E-state index in [4.69, 9.17) is 11.6 Å². The maximum Gasteiger partial charge on any atom is 0.441 e. The lowest BCUT2D eigenvalue weighted by Crippen LogP contribution is -2.10. The van der Waals surface area contributed by atoms with E-state index in [1.807, 2.05) is 13.0 Å². The first kappa shape index (κ1) is 15.7. The number of halogens is 4. The lowest BCUT2D eigenvalue weighted by Gasteiger charge is -2.08. The molecule has 0 saturated carbocycles. The van der Waals surface area contributed by atoms with Crippen LogP contribution in [0.3, 0.4) is 0 Å². The minimum Gasteiger partial charge on any atom is -0.369 e. The number of nitrogens with one attached hydrogen (secondary N) is 1. The van der Waals surface area contributed by atoms with Crippen LogP contribution in [0.5, 0.6) is 0 Å². The minimum absolute atomic E-state index is 0.0642. The second kappa shape index (κ2) is 6.36. The number of rotatable bonds is 5. The number of thiophene rings is 1. The number of thioether (sulfide) groups is 1. The van der Waals surface area contributed by atoms with Gasteiger partial charge in [-0.05, 0) is 35.9 Å². The van der Waals surface area contributed by atoms with Crippen molar-refractivity contribution in [1.82, 2.24) is 9.97 Å². The summed E-state index contributed by atoms with van der Waals surface area (Å²) in [5.41, 5.74) is -4.21. The number of fused-ring (bicyclic) bond motifs is 1. The molecule has 2 heterocycles. The zero-order valence-electron chi connectivity index (χ0n) is 10.4. The van der Waals surface area contributed by atoms with Crippen LogP contribution in [0.25, 0.3) is 10.2 Å². The molecular weight excluding hydrogens is 331 g/mol. The molecule has 0 saturated heterocycles. The average molecular weight is 342 g/mol. The zero-order chi connectivity index (χ0) is 14.8. The normalized spacial score (nSPS) is 12.1. The van der Waals surface area contributed by atoms with Crippen molar-refractivity contribution in [3.8, 4) is 0 Å². The Balaban J connectivity index is 2.10. The number of aromatic nitrogens is 2. The Bertz CT molecular complexity index is 600. The predicted molar refractivity (Wildman–Crippen MR) is 78.8 cm³/mol. The number of hydrogen-bond donors (Lipinski definition) is 1. The van der Waals surface area contributed by atoms with Gasteiger partial charge in [-0.1, -0.05) is 6.92 Å². The number of anilines is 1. The summed E-state index contributed by atoms with van der Waals surface area (Å²) in [6, 6.07) is 1.94. The molecule has 0 bridgehead atoms. The van der Waals surface area contributed by atoms with Crippen LogP contribution in [-0.4, -0.2) is 27.8 Å². The van der Waals surface area contributed by atoms with Gasteiger partial charge in [0.1, 0.15) is 10.6 Å². The molecule has 20 heavy (non-hydrogen) atoms. The smallest absolute Gasteiger partial charge is 0.369 e. The fourth-order valence-electron chi connectivity index (χ4n) is 1.59. The first-order valence-corrected chi connectivity index (χ1v) is 7.97. The Labute approximate surface area is 126 Å². The Kier molecular flexibility index (Phi) is 4.98. The highest BCUT2D eigenvalue weighted by Crippen LogP contribution is 2.31. The van der Waals surface area contributed by atoms with Crippen molar-refractivity contribution in [3.63, 3.8) is 0 Å². The zero-order valence-corrected chi connectivity index (χ0v) is 12.8. The first-order valence-electron chi connectivity index (χ1n) is 5.79. The van der Waals surface area contributed by atoms with Gasteiger partial charge in [-0.15, -0.1) is 11.3 Å². The number of nitrogens with zero attached hydrogens (tertiary/aromatic N) is 2. The van der Waals surface area contributed by atoms with Crippen molar-refractivity contribution in [3.05, 3.63) is 16.2 Å².